The Balaban J connectivity index is 1.49. The zero-order chi connectivity index (χ0) is 17.7. The van der Waals surface area contributed by atoms with Crippen molar-refractivity contribution in [2.75, 3.05) is 13.1 Å². The minimum Gasteiger partial charge on any atom is -0.297 e. The van der Waals surface area contributed by atoms with Crippen molar-refractivity contribution in [1.82, 2.24) is 9.88 Å². The molecular weight excluding hydrogens is 364 g/mol. The maximum absolute atomic E-state index is 13.0. The third-order valence-corrected chi connectivity index (χ3v) is 8.60. The van der Waals surface area contributed by atoms with Crippen LogP contribution in [0.15, 0.2) is 65.1 Å². The minimum atomic E-state index is -3.24. The van der Waals surface area contributed by atoms with Gasteiger partial charge in [-0.2, -0.15) is 0 Å². The van der Waals surface area contributed by atoms with Crippen molar-refractivity contribution in [3.05, 3.63) is 71.4 Å². The van der Waals surface area contributed by atoms with E-state index in [2.05, 4.69) is 22.0 Å². The van der Waals surface area contributed by atoms with Crippen LogP contribution in [0.3, 0.4) is 0 Å². The summed E-state index contributed by atoms with van der Waals surface area (Å²) < 4.78 is 26.1. The van der Waals surface area contributed by atoms with Crippen LogP contribution in [0.5, 0.6) is 0 Å². The van der Waals surface area contributed by atoms with Gasteiger partial charge in [0.1, 0.15) is 0 Å². The average Bonchev–Trinajstić information content (AvgIpc) is 3.35. The summed E-state index contributed by atoms with van der Waals surface area (Å²) in [6, 6.07) is 13.9. The number of hydrogen-bond donors (Lipinski definition) is 0. The van der Waals surface area contributed by atoms with Crippen LogP contribution in [0.1, 0.15) is 17.0 Å². The van der Waals surface area contributed by atoms with Gasteiger partial charge in [-0.05, 0) is 52.4 Å². The SMILES string of the molecule is O=S1(=O)c2ccc(-c3cccs3)cc2[C@@H]2CN(Cc3ccncc3)C[C@@H]21. The first-order valence-corrected chi connectivity index (χ1v) is 11.1. The third-order valence-electron chi connectivity index (χ3n) is 5.42. The van der Waals surface area contributed by atoms with Crippen LogP contribution in [0.25, 0.3) is 10.4 Å². The number of nitrogens with zero attached hydrogens (tertiary/aromatic N) is 2. The van der Waals surface area contributed by atoms with Crippen molar-refractivity contribution in [2.24, 2.45) is 0 Å². The van der Waals surface area contributed by atoms with Crippen LogP contribution >= 0.6 is 11.3 Å². The van der Waals surface area contributed by atoms with Crippen molar-refractivity contribution in [3.8, 4) is 10.4 Å². The lowest BCUT2D eigenvalue weighted by Gasteiger charge is -2.17. The first kappa shape index (κ1) is 16.2. The Bertz CT molecular complexity index is 1050. The molecule has 0 unspecified atom stereocenters. The number of rotatable bonds is 3. The molecule has 0 aliphatic carbocycles. The second kappa shape index (κ2) is 6.01. The predicted molar refractivity (Wildman–Crippen MR) is 103 cm³/mol. The van der Waals surface area contributed by atoms with Crippen molar-refractivity contribution < 1.29 is 8.42 Å². The highest BCUT2D eigenvalue weighted by molar-refractivity contribution is 7.92. The molecule has 0 N–H and O–H groups in total. The molecule has 26 heavy (non-hydrogen) atoms. The average molecular weight is 383 g/mol. The number of pyridine rings is 1. The summed E-state index contributed by atoms with van der Waals surface area (Å²) in [4.78, 5) is 8.02. The molecule has 2 aliphatic heterocycles. The molecule has 4 heterocycles. The van der Waals surface area contributed by atoms with Crippen LogP contribution in [-0.2, 0) is 16.4 Å². The van der Waals surface area contributed by atoms with Gasteiger partial charge in [0, 0.05) is 42.8 Å². The van der Waals surface area contributed by atoms with Gasteiger partial charge in [-0.15, -0.1) is 11.3 Å². The number of fused-ring (bicyclic) bond motifs is 3. The van der Waals surface area contributed by atoms with E-state index < -0.39 is 9.84 Å². The van der Waals surface area contributed by atoms with Crippen molar-refractivity contribution >= 4 is 21.2 Å². The van der Waals surface area contributed by atoms with E-state index in [0.29, 0.717) is 11.4 Å². The monoisotopic (exact) mass is 382 g/mol. The topological polar surface area (TPSA) is 50.3 Å². The molecular formula is C20H18N2O2S2. The molecule has 0 bridgehead atoms. The number of likely N-dealkylation sites (tertiary alicyclic amines) is 1. The summed E-state index contributed by atoms with van der Waals surface area (Å²) in [5.74, 6) is 0.0664. The van der Waals surface area contributed by atoms with Gasteiger partial charge in [0.25, 0.3) is 0 Å². The second-order valence-corrected chi connectivity index (χ2v) is 10.1. The molecule has 0 spiro atoms. The lowest BCUT2D eigenvalue weighted by Crippen LogP contribution is -2.25. The Hall–Kier alpha value is -2.02. The van der Waals surface area contributed by atoms with Crippen LogP contribution in [-0.4, -0.2) is 36.6 Å². The van der Waals surface area contributed by atoms with Crippen LogP contribution in [0.2, 0.25) is 0 Å². The van der Waals surface area contributed by atoms with E-state index in [1.54, 1.807) is 23.7 Å². The van der Waals surface area contributed by atoms with Gasteiger partial charge >= 0.3 is 0 Å². The molecule has 6 heteroatoms. The summed E-state index contributed by atoms with van der Waals surface area (Å²) in [6.07, 6.45) is 3.57. The summed E-state index contributed by atoms with van der Waals surface area (Å²) in [7, 11) is -3.24. The molecule has 132 valence electrons. The zero-order valence-electron chi connectivity index (χ0n) is 14.1. The number of benzene rings is 1. The highest BCUT2D eigenvalue weighted by Gasteiger charge is 2.50. The largest absolute Gasteiger partial charge is 0.297 e. The Morgan fingerprint density at radius 1 is 1.12 bits per heavy atom. The van der Waals surface area contributed by atoms with Gasteiger partial charge in [-0.1, -0.05) is 12.1 Å². The van der Waals surface area contributed by atoms with Crippen LogP contribution in [0, 0.1) is 0 Å². The van der Waals surface area contributed by atoms with Gasteiger partial charge in [0.15, 0.2) is 9.84 Å². The number of thiophene rings is 1. The normalized spacial score (nSPS) is 23.7. The molecule has 2 aliphatic rings. The highest BCUT2D eigenvalue weighted by Crippen LogP contribution is 2.46. The summed E-state index contributed by atoms with van der Waals surface area (Å²) in [5, 5.41) is 1.73. The molecule has 0 amide bonds. The lowest BCUT2D eigenvalue weighted by atomic mass is 9.96. The fourth-order valence-corrected chi connectivity index (χ4v) is 7.12. The standard InChI is InChI=1S/C20H18N2O2S2/c23-26(24)19-4-3-15(18-2-1-9-25-18)10-16(19)17-12-22(13-20(17)26)11-14-5-7-21-8-6-14/h1-10,17,20H,11-13H2/t17-,20-/m0/s1. The maximum atomic E-state index is 13.0. The number of hydrogen-bond acceptors (Lipinski definition) is 5. The van der Waals surface area contributed by atoms with Gasteiger partial charge in [-0.25, -0.2) is 8.42 Å². The Kier molecular flexibility index (Phi) is 3.74. The van der Waals surface area contributed by atoms with Crippen LogP contribution in [0.4, 0.5) is 0 Å². The van der Waals surface area contributed by atoms with Gasteiger partial charge in [0.05, 0.1) is 10.1 Å². The molecule has 0 radical (unpaired) electrons. The summed E-state index contributed by atoms with van der Waals surface area (Å²) in [5.41, 5.74) is 3.28. The van der Waals surface area contributed by atoms with Crippen LogP contribution < -0.4 is 0 Å². The quantitative estimate of drug-likeness (QED) is 0.695. The third kappa shape index (κ3) is 2.52. The first-order valence-electron chi connectivity index (χ1n) is 8.66. The Labute approximate surface area is 157 Å². The number of sulfone groups is 1. The molecule has 3 aromatic rings. The zero-order valence-corrected chi connectivity index (χ0v) is 15.7. The molecule has 2 aromatic heterocycles. The van der Waals surface area contributed by atoms with Crippen molar-refractivity contribution in [1.29, 1.82) is 0 Å². The van der Waals surface area contributed by atoms with E-state index in [1.165, 1.54) is 10.4 Å². The number of aromatic nitrogens is 1. The Morgan fingerprint density at radius 2 is 1.96 bits per heavy atom. The predicted octanol–water partition coefficient (Wildman–Crippen LogP) is 3.57. The maximum Gasteiger partial charge on any atom is 0.183 e. The van der Waals surface area contributed by atoms with Gasteiger partial charge < -0.3 is 0 Å². The molecule has 5 rings (SSSR count). The molecule has 2 atom stereocenters. The fraction of sp³-hybridized carbons (Fsp3) is 0.250. The highest BCUT2D eigenvalue weighted by atomic mass is 32.2. The smallest absolute Gasteiger partial charge is 0.183 e. The van der Waals surface area contributed by atoms with E-state index in [0.717, 1.165) is 24.2 Å². The molecule has 1 fully saturated rings. The first-order chi connectivity index (χ1) is 12.6. The van der Waals surface area contributed by atoms with E-state index in [-0.39, 0.29) is 11.2 Å². The molecule has 0 saturated carbocycles. The fourth-order valence-electron chi connectivity index (χ4n) is 4.20. The summed E-state index contributed by atoms with van der Waals surface area (Å²) in [6.45, 7) is 2.15. The minimum absolute atomic E-state index is 0.0664. The summed E-state index contributed by atoms with van der Waals surface area (Å²) >= 11 is 1.68. The van der Waals surface area contributed by atoms with Crippen molar-refractivity contribution in [3.63, 3.8) is 0 Å². The van der Waals surface area contributed by atoms with Crippen molar-refractivity contribution in [2.45, 2.75) is 22.6 Å². The lowest BCUT2D eigenvalue weighted by molar-refractivity contribution is 0.325. The second-order valence-electron chi connectivity index (χ2n) is 6.97. The molecule has 1 saturated heterocycles. The van der Waals surface area contributed by atoms with E-state index in [9.17, 15) is 8.42 Å². The van der Waals surface area contributed by atoms with Gasteiger partial charge in [0.2, 0.25) is 0 Å². The molecule has 1 aromatic carbocycles. The Morgan fingerprint density at radius 3 is 2.73 bits per heavy atom. The van der Waals surface area contributed by atoms with E-state index in [1.807, 2.05) is 35.7 Å². The molecule has 4 nitrogen and oxygen atoms in total. The van der Waals surface area contributed by atoms with Gasteiger partial charge in [-0.3, -0.25) is 9.88 Å². The van der Waals surface area contributed by atoms with E-state index in [4.69, 9.17) is 0 Å². The van der Waals surface area contributed by atoms with E-state index >= 15 is 0 Å².